The van der Waals surface area contributed by atoms with E-state index < -0.39 is 0 Å². The first-order chi connectivity index (χ1) is 6.25. The lowest BCUT2D eigenvalue weighted by atomic mass is 10.4. The van der Waals surface area contributed by atoms with E-state index in [4.69, 9.17) is 5.84 Å². The number of nitrogens with one attached hydrogen (secondary N) is 1. The van der Waals surface area contributed by atoms with Crippen molar-refractivity contribution in [3.05, 3.63) is 0 Å². The number of rotatable bonds is 1. The number of piperazine rings is 1. The quantitative estimate of drug-likeness (QED) is 0.240. The highest BCUT2D eigenvalue weighted by molar-refractivity contribution is 5.79. The smallest absolute Gasteiger partial charge is 0.210 e. The van der Waals surface area contributed by atoms with Gasteiger partial charge in [0, 0.05) is 39.8 Å². The minimum Gasteiger partial charge on any atom is -0.339 e. The standard InChI is InChI=1S/C8H19N5/c1-3-11-8(12(2)9)13-6-4-10-5-7-13/h10H,3-7,9H2,1-2H3. The third kappa shape index (κ3) is 2.86. The molecule has 0 aromatic carbocycles. The van der Waals surface area contributed by atoms with E-state index in [-0.39, 0.29) is 0 Å². The molecule has 0 aromatic rings. The van der Waals surface area contributed by atoms with E-state index in [1.54, 1.807) is 5.01 Å². The van der Waals surface area contributed by atoms with Gasteiger partial charge in [-0.1, -0.05) is 0 Å². The SMILES string of the molecule is CCN=C(N(C)N)N1CCNCC1. The van der Waals surface area contributed by atoms with Crippen molar-refractivity contribution in [2.24, 2.45) is 10.8 Å². The van der Waals surface area contributed by atoms with Gasteiger partial charge in [-0.3, -0.25) is 10.0 Å². The zero-order valence-corrected chi connectivity index (χ0v) is 8.45. The number of nitrogens with two attached hydrogens (primary N) is 1. The molecule has 1 aliphatic heterocycles. The van der Waals surface area contributed by atoms with Gasteiger partial charge in [0.05, 0.1) is 0 Å². The maximum absolute atomic E-state index is 5.69. The fourth-order valence-electron chi connectivity index (χ4n) is 1.44. The molecule has 0 bridgehead atoms. The van der Waals surface area contributed by atoms with Crippen LogP contribution in [0.1, 0.15) is 6.92 Å². The van der Waals surface area contributed by atoms with Crippen molar-refractivity contribution >= 4 is 5.96 Å². The monoisotopic (exact) mass is 185 g/mol. The predicted octanol–water partition coefficient (Wildman–Crippen LogP) is -0.927. The van der Waals surface area contributed by atoms with Crippen LogP contribution >= 0.6 is 0 Å². The van der Waals surface area contributed by atoms with Gasteiger partial charge in [-0.25, -0.2) is 5.84 Å². The Hall–Kier alpha value is -0.810. The van der Waals surface area contributed by atoms with Crippen LogP contribution < -0.4 is 11.2 Å². The van der Waals surface area contributed by atoms with E-state index >= 15 is 0 Å². The van der Waals surface area contributed by atoms with Crippen molar-refractivity contribution in [3.63, 3.8) is 0 Å². The zero-order valence-electron chi connectivity index (χ0n) is 8.45. The van der Waals surface area contributed by atoms with Gasteiger partial charge in [0.25, 0.3) is 0 Å². The van der Waals surface area contributed by atoms with Crippen LogP contribution in [0.4, 0.5) is 0 Å². The Labute approximate surface area is 79.6 Å². The van der Waals surface area contributed by atoms with Crippen LogP contribution in [0.2, 0.25) is 0 Å². The van der Waals surface area contributed by atoms with Crippen molar-refractivity contribution in [1.82, 2.24) is 15.2 Å². The van der Waals surface area contributed by atoms with E-state index in [9.17, 15) is 0 Å². The Morgan fingerprint density at radius 3 is 2.62 bits per heavy atom. The molecule has 1 fully saturated rings. The number of hydrazine groups is 1. The summed E-state index contributed by atoms with van der Waals surface area (Å²) in [5, 5.41) is 4.89. The highest BCUT2D eigenvalue weighted by Crippen LogP contribution is 1.96. The molecule has 3 N–H and O–H groups in total. The molecule has 0 aliphatic carbocycles. The largest absolute Gasteiger partial charge is 0.339 e. The third-order valence-electron chi connectivity index (χ3n) is 2.01. The third-order valence-corrected chi connectivity index (χ3v) is 2.01. The van der Waals surface area contributed by atoms with Crippen LogP contribution in [0.3, 0.4) is 0 Å². The summed E-state index contributed by atoms with van der Waals surface area (Å²) in [6, 6.07) is 0. The molecule has 5 heteroatoms. The van der Waals surface area contributed by atoms with E-state index in [0.29, 0.717) is 0 Å². The minimum atomic E-state index is 0.779. The lowest BCUT2D eigenvalue weighted by molar-refractivity contribution is 0.310. The average molecular weight is 185 g/mol. The first kappa shape index (κ1) is 10.3. The minimum absolute atomic E-state index is 0.779. The maximum atomic E-state index is 5.69. The molecule has 0 saturated carbocycles. The summed E-state index contributed by atoms with van der Waals surface area (Å²) in [6.07, 6.45) is 0. The van der Waals surface area contributed by atoms with Gasteiger partial charge in [0.15, 0.2) is 0 Å². The predicted molar refractivity (Wildman–Crippen MR) is 54.4 cm³/mol. The summed E-state index contributed by atoms with van der Waals surface area (Å²) < 4.78 is 0. The highest BCUT2D eigenvalue weighted by Gasteiger charge is 2.15. The molecule has 1 rings (SSSR count). The number of aliphatic imine (C=N–C) groups is 1. The summed E-state index contributed by atoms with van der Waals surface area (Å²) >= 11 is 0. The number of hydrogen-bond donors (Lipinski definition) is 2. The second kappa shape index (κ2) is 5.04. The van der Waals surface area contributed by atoms with Crippen LogP contribution in [0, 0.1) is 0 Å². The van der Waals surface area contributed by atoms with Gasteiger partial charge < -0.3 is 10.2 Å². The molecule has 1 saturated heterocycles. The second-order valence-corrected chi connectivity index (χ2v) is 3.12. The summed E-state index contributed by atoms with van der Waals surface area (Å²) in [6.45, 7) is 6.79. The van der Waals surface area contributed by atoms with Gasteiger partial charge in [-0.2, -0.15) is 0 Å². The second-order valence-electron chi connectivity index (χ2n) is 3.12. The molecule has 5 nitrogen and oxygen atoms in total. The summed E-state index contributed by atoms with van der Waals surface area (Å²) in [5.74, 6) is 6.59. The lowest BCUT2D eigenvalue weighted by Crippen LogP contribution is -2.53. The molecule has 0 spiro atoms. The van der Waals surface area contributed by atoms with Crippen LogP contribution in [0.25, 0.3) is 0 Å². The van der Waals surface area contributed by atoms with Crippen LogP contribution in [0.15, 0.2) is 4.99 Å². The summed E-state index contributed by atoms with van der Waals surface area (Å²) in [4.78, 5) is 6.57. The molecular formula is C8H19N5. The molecule has 0 atom stereocenters. The van der Waals surface area contributed by atoms with E-state index in [1.807, 2.05) is 14.0 Å². The Balaban J connectivity index is 2.57. The van der Waals surface area contributed by atoms with Crippen molar-refractivity contribution in [2.45, 2.75) is 6.92 Å². The van der Waals surface area contributed by atoms with Crippen molar-refractivity contribution in [2.75, 3.05) is 39.8 Å². The molecule has 0 unspecified atom stereocenters. The average Bonchev–Trinajstić information content (AvgIpc) is 2.15. The fourth-order valence-corrected chi connectivity index (χ4v) is 1.44. The number of hydrogen-bond acceptors (Lipinski definition) is 3. The molecule has 13 heavy (non-hydrogen) atoms. The first-order valence-corrected chi connectivity index (χ1v) is 4.74. The lowest BCUT2D eigenvalue weighted by Gasteiger charge is -2.32. The highest BCUT2D eigenvalue weighted by atomic mass is 15.5. The van der Waals surface area contributed by atoms with Crippen molar-refractivity contribution in [3.8, 4) is 0 Å². The molecule has 1 aliphatic rings. The van der Waals surface area contributed by atoms with E-state index in [0.717, 1.165) is 38.7 Å². The Kier molecular flexibility index (Phi) is 3.98. The normalized spacial score (nSPS) is 19.0. The van der Waals surface area contributed by atoms with Gasteiger partial charge in [0.2, 0.25) is 5.96 Å². The van der Waals surface area contributed by atoms with Crippen molar-refractivity contribution in [1.29, 1.82) is 0 Å². The molecule has 76 valence electrons. The zero-order chi connectivity index (χ0) is 9.68. The summed E-state index contributed by atoms with van der Waals surface area (Å²) in [5.41, 5.74) is 0. The van der Waals surface area contributed by atoms with Crippen LogP contribution in [0.5, 0.6) is 0 Å². The van der Waals surface area contributed by atoms with E-state index in [1.165, 1.54) is 0 Å². The fraction of sp³-hybridized carbons (Fsp3) is 0.875. The van der Waals surface area contributed by atoms with Gasteiger partial charge >= 0.3 is 0 Å². The van der Waals surface area contributed by atoms with Crippen molar-refractivity contribution < 1.29 is 0 Å². The first-order valence-electron chi connectivity index (χ1n) is 4.74. The van der Waals surface area contributed by atoms with Crippen LogP contribution in [-0.4, -0.2) is 55.6 Å². The molecule has 0 amide bonds. The van der Waals surface area contributed by atoms with Gasteiger partial charge in [0.1, 0.15) is 0 Å². The topological polar surface area (TPSA) is 56.9 Å². The molecule has 1 heterocycles. The van der Waals surface area contributed by atoms with E-state index in [2.05, 4.69) is 15.2 Å². The molecule has 0 aromatic heterocycles. The van der Waals surface area contributed by atoms with Crippen LogP contribution in [-0.2, 0) is 0 Å². The Bertz CT molecular complexity index is 171. The Morgan fingerprint density at radius 2 is 2.15 bits per heavy atom. The summed E-state index contributed by atoms with van der Waals surface area (Å²) in [7, 11) is 1.83. The number of nitrogens with zero attached hydrogens (tertiary/aromatic N) is 3. The van der Waals surface area contributed by atoms with Gasteiger partial charge in [-0.05, 0) is 6.92 Å². The molecular weight excluding hydrogens is 166 g/mol. The Morgan fingerprint density at radius 1 is 1.54 bits per heavy atom. The maximum Gasteiger partial charge on any atom is 0.210 e. The molecule has 0 radical (unpaired) electrons. The number of guanidine groups is 1. The van der Waals surface area contributed by atoms with Gasteiger partial charge in [-0.15, -0.1) is 0 Å².